The van der Waals surface area contributed by atoms with Crippen LogP contribution in [0.15, 0.2) is 11.4 Å². The number of nitrogens with one attached hydrogen (secondary N) is 1. The number of carbonyl (C=O) groups excluding carboxylic acids is 1. The van der Waals surface area contributed by atoms with Gasteiger partial charge in [-0.3, -0.25) is 4.79 Å². The molecule has 1 rings (SSSR count). The fourth-order valence-electron chi connectivity index (χ4n) is 1.28. The number of carbonyl (C=O) groups is 1. The van der Waals surface area contributed by atoms with Crippen LogP contribution < -0.4 is 10.1 Å². The largest absolute Gasteiger partial charge is 0.495 e. The number of aliphatic hydroxyl groups is 1. The number of hydrogen-bond donors (Lipinski definition) is 2. The molecule has 1 amide bonds. The van der Waals surface area contributed by atoms with Gasteiger partial charge in [-0.05, 0) is 17.4 Å². The molecule has 4 nitrogen and oxygen atoms in total. The van der Waals surface area contributed by atoms with Crippen molar-refractivity contribution in [1.29, 1.82) is 0 Å². The number of amides is 1. The molecule has 16 heavy (non-hydrogen) atoms. The Morgan fingerprint density at radius 3 is 2.81 bits per heavy atom. The first-order valence-electron chi connectivity index (χ1n) is 5.13. The van der Waals surface area contributed by atoms with Crippen molar-refractivity contribution < 1.29 is 14.6 Å². The van der Waals surface area contributed by atoms with E-state index in [1.807, 2.05) is 13.8 Å². The van der Waals surface area contributed by atoms with Gasteiger partial charge in [-0.15, -0.1) is 11.3 Å². The molecule has 1 aromatic rings. The van der Waals surface area contributed by atoms with Crippen LogP contribution in [-0.2, 0) is 0 Å². The van der Waals surface area contributed by atoms with E-state index in [2.05, 4.69) is 5.32 Å². The Labute approximate surface area is 99.2 Å². The number of ether oxygens (including phenoxy) is 1. The van der Waals surface area contributed by atoms with Crippen molar-refractivity contribution in [3.63, 3.8) is 0 Å². The van der Waals surface area contributed by atoms with Gasteiger partial charge < -0.3 is 15.2 Å². The molecule has 0 bridgehead atoms. The molecule has 0 aliphatic heterocycles. The highest BCUT2D eigenvalue weighted by Gasteiger charge is 2.19. The second-order valence-electron chi connectivity index (χ2n) is 3.82. The lowest BCUT2D eigenvalue weighted by molar-refractivity contribution is 0.0898. The first kappa shape index (κ1) is 13.0. The molecule has 1 heterocycles. The lowest BCUT2D eigenvalue weighted by atomic mass is 10.1. The van der Waals surface area contributed by atoms with Crippen molar-refractivity contribution in [2.45, 2.75) is 19.9 Å². The van der Waals surface area contributed by atoms with Crippen LogP contribution in [0.4, 0.5) is 0 Å². The molecule has 0 aromatic carbocycles. The van der Waals surface area contributed by atoms with Crippen molar-refractivity contribution in [2.75, 3.05) is 13.7 Å². The van der Waals surface area contributed by atoms with E-state index in [1.54, 1.807) is 11.4 Å². The van der Waals surface area contributed by atoms with Crippen LogP contribution in [0.1, 0.15) is 23.5 Å². The van der Waals surface area contributed by atoms with E-state index in [9.17, 15) is 4.79 Å². The molecule has 0 fully saturated rings. The van der Waals surface area contributed by atoms with Crippen molar-refractivity contribution in [1.82, 2.24) is 5.32 Å². The van der Waals surface area contributed by atoms with Crippen LogP contribution >= 0.6 is 11.3 Å². The zero-order chi connectivity index (χ0) is 12.1. The number of aliphatic hydroxyl groups excluding tert-OH is 1. The summed E-state index contributed by atoms with van der Waals surface area (Å²) in [7, 11) is 1.53. The second kappa shape index (κ2) is 5.86. The minimum absolute atomic E-state index is 0.0584. The fourth-order valence-corrected chi connectivity index (χ4v) is 2.04. The molecule has 1 unspecified atom stereocenters. The Balaban J connectivity index is 2.71. The average Bonchev–Trinajstić information content (AvgIpc) is 2.72. The number of thiophene rings is 1. The molecule has 0 aliphatic rings. The summed E-state index contributed by atoms with van der Waals surface area (Å²) < 4.78 is 5.07. The van der Waals surface area contributed by atoms with E-state index >= 15 is 0 Å². The maximum atomic E-state index is 11.9. The topological polar surface area (TPSA) is 58.6 Å². The summed E-state index contributed by atoms with van der Waals surface area (Å²) >= 11 is 1.33. The van der Waals surface area contributed by atoms with Crippen molar-refractivity contribution in [2.24, 2.45) is 5.92 Å². The summed E-state index contributed by atoms with van der Waals surface area (Å²) in [6, 6.07) is 1.53. The molecule has 1 atom stereocenters. The summed E-state index contributed by atoms with van der Waals surface area (Å²) in [6.07, 6.45) is 0. The van der Waals surface area contributed by atoms with Crippen LogP contribution in [-0.4, -0.2) is 30.8 Å². The van der Waals surface area contributed by atoms with Gasteiger partial charge in [0.2, 0.25) is 0 Å². The van der Waals surface area contributed by atoms with Gasteiger partial charge in [0.25, 0.3) is 5.91 Å². The molecular weight excluding hydrogens is 226 g/mol. The summed E-state index contributed by atoms with van der Waals surface area (Å²) in [5, 5.41) is 13.7. The van der Waals surface area contributed by atoms with Gasteiger partial charge in [0.05, 0.1) is 19.8 Å². The van der Waals surface area contributed by atoms with E-state index in [0.29, 0.717) is 10.6 Å². The number of hydrogen-bond acceptors (Lipinski definition) is 4. The van der Waals surface area contributed by atoms with Crippen LogP contribution in [0.2, 0.25) is 0 Å². The highest BCUT2D eigenvalue weighted by molar-refractivity contribution is 7.12. The van der Waals surface area contributed by atoms with Gasteiger partial charge in [-0.1, -0.05) is 13.8 Å². The molecule has 0 saturated heterocycles. The van der Waals surface area contributed by atoms with E-state index in [0.717, 1.165) is 0 Å². The smallest absolute Gasteiger partial charge is 0.265 e. The maximum Gasteiger partial charge on any atom is 0.265 e. The van der Waals surface area contributed by atoms with Gasteiger partial charge >= 0.3 is 0 Å². The minimum Gasteiger partial charge on any atom is -0.495 e. The standard InChI is InChI=1S/C11H17NO3S/c1-7(2)8(6-13)12-11(14)10-9(15-3)4-5-16-10/h4-5,7-8,13H,6H2,1-3H3,(H,12,14). The normalized spacial score (nSPS) is 12.6. The van der Waals surface area contributed by atoms with Crippen LogP contribution in [0.5, 0.6) is 5.75 Å². The second-order valence-corrected chi connectivity index (χ2v) is 4.74. The zero-order valence-electron chi connectivity index (χ0n) is 9.69. The predicted octanol–water partition coefficient (Wildman–Crippen LogP) is 1.50. The van der Waals surface area contributed by atoms with Crippen molar-refractivity contribution in [3.8, 4) is 5.75 Å². The van der Waals surface area contributed by atoms with Gasteiger partial charge in [0.15, 0.2) is 0 Å². The lowest BCUT2D eigenvalue weighted by Crippen LogP contribution is -2.40. The quantitative estimate of drug-likeness (QED) is 0.824. The molecule has 0 spiro atoms. The maximum absolute atomic E-state index is 11.9. The highest BCUT2D eigenvalue weighted by Crippen LogP contribution is 2.24. The van der Waals surface area contributed by atoms with E-state index in [-0.39, 0.29) is 24.5 Å². The Bertz CT molecular complexity index is 349. The first-order chi connectivity index (χ1) is 7.60. The molecule has 2 N–H and O–H groups in total. The Morgan fingerprint density at radius 2 is 2.31 bits per heavy atom. The van der Waals surface area contributed by atoms with Gasteiger partial charge in [-0.2, -0.15) is 0 Å². The molecule has 90 valence electrons. The van der Waals surface area contributed by atoms with Crippen molar-refractivity contribution >= 4 is 17.2 Å². The first-order valence-corrected chi connectivity index (χ1v) is 6.01. The predicted molar refractivity (Wildman–Crippen MR) is 64.0 cm³/mol. The van der Waals surface area contributed by atoms with Crippen molar-refractivity contribution in [3.05, 3.63) is 16.3 Å². The van der Waals surface area contributed by atoms with Crippen LogP contribution in [0.25, 0.3) is 0 Å². The summed E-state index contributed by atoms with van der Waals surface area (Å²) in [4.78, 5) is 12.4. The molecule has 5 heteroatoms. The van der Waals surface area contributed by atoms with E-state index in [1.165, 1.54) is 18.4 Å². The minimum atomic E-state index is -0.223. The monoisotopic (exact) mass is 243 g/mol. The molecule has 0 radical (unpaired) electrons. The average molecular weight is 243 g/mol. The number of methoxy groups -OCH3 is 1. The van der Waals surface area contributed by atoms with E-state index < -0.39 is 0 Å². The van der Waals surface area contributed by atoms with Gasteiger partial charge in [0.1, 0.15) is 10.6 Å². The highest BCUT2D eigenvalue weighted by atomic mass is 32.1. The zero-order valence-corrected chi connectivity index (χ0v) is 10.5. The van der Waals surface area contributed by atoms with E-state index in [4.69, 9.17) is 9.84 Å². The lowest BCUT2D eigenvalue weighted by Gasteiger charge is -2.19. The third-order valence-corrected chi connectivity index (χ3v) is 3.27. The Morgan fingerprint density at radius 1 is 1.62 bits per heavy atom. The Kier molecular flexibility index (Phi) is 4.76. The fraction of sp³-hybridized carbons (Fsp3) is 0.545. The molecule has 1 aromatic heterocycles. The van der Waals surface area contributed by atoms with Crippen LogP contribution in [0, 0.1) is 5.92 Å². The summed E-state index contributed by atoms with van der Waals surface area (Å²) in [5.74, 6) is 0.572. The van der Waals surface area contributed by atoms with Crippen LogP contribution in [0.3, 0.4) is 0 Å². The van der Waals surface area contributed by atoms with Gasteiger partial charge in [-0.25, -0.2) is 0 Å². The third-order valence-electron chi connectivity index (χ3n) is 2.37. The van der Waals surface area contributed by atoms with Gasteiger partial charge in [0, 0.05) is 0 Å². The summed E-state index contributed by atoms with van der Waals surface area (Å²) in [5.41, 5.74) is 0. The summed E-state index contributed by atoms with van der Waals surface area (Å²) in [6.45, 7) is 3.84. The SMILES string of the molecule is COc1ccsc1C(=O)NC(CO)C(C)C. The molecule has 0 saturated carbocycles. The Hall–Kier alpha value is -1.07. The third kappa shape index (κ3) is 2.96. The number of rotatable bonds is 5. The molecular formula is C11H17NO3S. The molecule has 0 aliphatic carbocycles.